The summed E-state index contributed by atoms with van der Waals surface area (Å²) in [5.74, 6) is -2.57. The quantitative estimate of drug-likeness (QED) is 0.858. The lowest BCUT2D eigenvalue weighted by atomic mass is 9.97. The minimum Gasteiger partial charge on any atom is -0.496 e. The second-order valence-corrected chi connectivity index (χ2v) is 4.18. The van der Waals surface area contributed by atoms with Crippen molar-refractivity contribution in [3.8, 4) is 5.75 Å². The number of methoxy groups -OCH3 is 1. The first-order valence-corrected chi connectivity index (χ1v) is 5.61. The van der Waals surface area contributed by atoms with E-state index in [0.29, 0.717) is 12.2 Å². The van der Waals surface area contributed by atoms with Crippen LogP contribution in [0.2, 0.25) is 0 Å². The normalized spacial score (nSPS) is 11.6. The lowest BCUT2D eigenvalue weighted by Gasteiger charge is -2.19. The fourth-order valence-corrected chi connectivity index (χ4v) is 1.87. The van der Waals surface area contributed by atoms with Gasteiger partial charge in [-0.25, -0.2) is 8.78 Å². The third-order valence-corrected chi connectivity index (χ3v) is 2.80. The first-order valence-electron chi connectivity index (χ1n) is 5.61. The molecule has 0 aromatic heterocycles. The molecule has 96 valence electrons. The standard InChI is InChI=1S/C13H19F2NO/c1-9-5-6-11(13(2,14)15)12(17-4)10(9)7-8-16-3/h5-6,16H,7-8H2,1-4H3. The molecule has 0 unspecified atom stereocenters. The van der Waals surface area contributed by atoms with Gasteiger partial charge in [0.15, 0.2) is 0 Å². The summed E-state index contributed by atoms with van der Waals surface area (Å²) in [4.78, 5) is 0. The number of ether oxygens (including phenoxy) is 1. The molecule has 0 saturated heterocycles. The van der Waals surface area contributed by atoms with Crippen LogP contribution in [0.3, 0.4) is 0 Å². The SMILES string of the molecule is CNCCc1c(C)ccc(C(C)(F)F)c1OC. The summed E-state index contributed by atoms with van der Waals surface area (Å²) < 4.78 is 32.1. The van der Waals surface area contributed by atoms with E-state index in [1.165, 1.54) is 13.2 Å². The Kier molecular flexibility index (Phi) is 4.46. The zero-order chi connectivity index (χ0) is 13.1. The summed E-state index contributed by atoms with van der Waals surface area (Å²) in [5.41, 5.74) is 1.78. The van der Waals surface area contributed by atoms with Crippen molar-refractivity contribution in [1.82, 2.24) is 5.32 Å². The Labute approximate surface area is 101 Å². The highest BCUT2D eigenvalue weighted by Crippen LogP contribution is 2.38. The fourth-order valence-electron chi connectivity index (χ4n) is 1.87. The molecule has 4 heteroatoms. The van der Waals surface area contributed by atoms with Gasteiger partial charge < -0.3 is 10.1 Å². The van der Waals surface area contributed by atoms with Crippen molar-refractivity contribution in [2.24, 2.45) is 0 Å². The van der Waals surface area contributed by atoms with Gasteiger partial charge in [-0.1, -0.05) is 6.07 Å². The fraction of sp³-hybridized carbons (Fsp3) is 0.538. The number of hydrogen-bond acceptors (Lipinski definition) is 2. The molecule has 1 aromatic rings. The molecule has 0 saturated carbocycles. The van der Waals surface area contributed by atoms with Crippen molar-refractivity contribution in [3.05, 3.63) is 28.8 Å². The van der Waals surface area contributed by atoms with Gasteiger partial charge in [0.25, 0.3) is 5.92 Å². The third kappa shape index (κ3) is 3.16. The average Bonchev–Trinajstić information content (AvgIpc) is 2.25. The van der Waals surface area contributed by atoms with E-state index in [4.69, 9.17) is 4.74 Å². The lowest BCUT2D eigenvalue weighted by Crippen LogP contribution is -2.15. The van der Waals surface area contributed by atoms with Crippen LogP contribution in [0.4, 0.5) is 8.78 Å². The molecule has 0 fully saturated rings. The van der Waals surface area contributed by atoms with Crippen LogP contribution in [0.5, 0.6) is 5.75 Å². The minimum absolute atomic E-state index is 0.0447. The Morgan fingerprint density at radius 2 is 2.00 bits per heavy atom. The van der Waals surface area contributed by atoms with E-state index in [9.17, 15) is 8.78 Å². The van der Waals surface area contributed by atoms with E-state index in [-0.39, 0.29) is 5.56 Å². The van der Waals surface area contributed by atoms with Gasteiger partial charge in [-0.2, -0.15) is 0 Å². The van der Waals surface area contributed by atoms with Crippen LogP contribution in [0.25, 0.3) is 0 Å². The highest BCUT2D eigenvalue weighted by atomic mass is 19.3. The van der Waals surface area contributed by atoms with E-state index >= 15 is 0 Å². The van der Waals surface area contributed by atoms with Crippen molar-refractivity contribution < 1.29 is 13.5 Å². The van der Waals surface area contributed by atoms with Crippen molar-refractivity contribution in [1.29, 1.82) is 0 Å². The molecule has 0 aliphatic carbocycles. The molecule has 1 aromatic carbocycles. The number of benzene rings is 1. The van der Waals surface area contributed by atoms with Gasteiger partial charge in [0.2, 0.25) is 0 Å². The second-order valence-electron chi connectivity index (χ2n) is 4.18. The van der Waals surface area contributed by atoms with E-state index in [2.05, 4.69) is 5.32 Å². The summed E-state index contributed by atoms with van der Waals surface area (Å²) in [5, 5.41) is 3.01. The molecule has 1 rings (SSSR count). The Morgan fingerprint density at radius 3 is 2.47 bits per heavy atom. The molecular formula is C13H19F2NO. The summed E-state index contributed by atoms with van der Waals surface area (Å²) in [6.07, 6.45) is 0.676. The third-order valence-electron chi connectivity index (χ3n) is 2.80. The molecule has 0 radical (unpaired) electrons. The largest absolute Gasteiger partial charge is 0.496 e. The molecule has 0 bridgehead atoms. The Hall–Kier alpha value is -1.16. The minimum atomic E-state index is -2.88. The number of aryl methyl sites for hydroxylation is 1. The smallest absolute Gasteiger partial charge is 0.274 e. The molecular weight excluding hydrogens is 224 g/mol. The monoisotopic (exact) mass is 243 g/mol. The Morgan fingerprint density at radius 1 is 1.35 bits per heavy atom. The predicted molar refractivity (Wildman–Crippen MR) is 64.9 cm³/mol. The maximum atomic E-state index is 13.4. The van der Waals surface area contributed by atoms with E-state index in [1.807, 2.05) is 14.0 Å². The maximum Gasteiger partial charge on any atom is 0.274 e. The van der Waals surface area contributed by atoms with Crippen LogP contribution >= 0.6 is 0 Å². The summed E-state index contributed by atoms with van der Waals surface area (Å²) >= 11 is 0. The van der Waals surface area contributed by atoms with Crippen molar-refractivity contribution in [2.45, 2.75) is 26.2 Å². The van der Waals surface area contributed by atoms with Crippen LogP contribution < -0.4 is 10.1 Å². The Balaban J connectivity index is 3.26. The number of rotatable bonds is 5. The highest BCUT2D eigenvalue weighted by molar-refractivity contribution is 5.48. The van der Waals surface area contributed by atoms with E-state index in [1.54, 1.807) is 6.07 Å². The first kappa shape index (κ1) is 13.9. The van der Waals surface area contributed by atoms with E-state index < -0.39 is 5.92 Å². The first-order chi connectivity index (χ1) is 7.91. The second kappa shape index (κ2) is 5.45. The van der Waals surface area contributed by atoms with Gasteiger partial charge >= 0.3 is 0 Å². The molecule has 17 heavy (non-hydrogen) atoms. The van der Waals surface area contributed by atoms with Crippen LogP contribution in [0.15, 0.2) is 12.1 Å². The zero-order valence-electron chi connectivity index (χ0n) is 10.7. The number of nitrogens with one attached hydrogen (secondary N) is 1. The predicted octanol–water partition coefficient (Wildman–Crippen LogP) is 2.88. The van der Waals surface area contributed by atoms with Crippen molar-refractivity contribution in [2.75, 3.05) is 20.7 Å². The summed E-state index contributed by atoms with van der Waals surface area (Å²) in [6.45, 7) is 3.53. The lowest BCUT2D eigenvalue weighted by molar-refractivity contribution is 0.0149. The van der Waals surface area contributed by atoms with Gasteiger partial charge in [-0.05, 0) is 44.1 Å². The number of halogens is 2. The topological polar surface area (TPSA) is 21.3 Å². The summed E-state index contributed by atoms with van der Waals surface area (Å²) in [6, 6.07) is 3.16. The molecule has 0 heterocycles. The molecule has 0 atom stereocenters. The Bertz CT molecular complexity index is 386. The molecule has 2 nitrogen and oxygen atoms in total. The van der Waals surface area contributed by atoms with Gasteiger partial charge in [-0.3, -0.25) is 0 Å². The van der Waals surface area contributed by atoms with Crippen LogP contribution in [0.1, 0.15) is 23.6 Å². The van der Waals surface area contributed by atoms with Gasteiger partial charge in [0.05, 0.1) is 12.7 Å². The highest BCUT2D eigenvalue weighted by Gasteiger charge is 2.30. The molecule has 0 spiro atoms. The van der Waals surface area contributed by atoms with Crippen molar-refractivity contribution in [3.63, 3.8) is 0 Å². The van der Waals surface area contributed by atoms with Crippen LogP contribution in [-0.4, -0.2) is 20.7 Å². The van der Waals surface area contributed by atoms with E-state index in [0.717, 1.165) is 24.6 Å². The number of alkyl halides is 2. The molecule has 0 amide bonds. The molecule has 0 aliphatic heterocycles. The molecule has 1 N–H and O–H groups in total. The number of hydrogen-bond donors (Lipinski definition) is 1. The maximum absolute atomic E-state index is 13.4. The summed E-state index contributed by atoms with van der Waals surface area (Å²) in [7, 11) is 3.27. The average molecular weight is 243 g/mol. The van der Waals surface area contributed by atoms with Crippen molar-refractivity contribution >= 4 is 0 Å². The number of likely N-dealkylation sites (N-methyl/N-ethyl adjacent to an activating group) is 1. The van der Waals surface area contributed by atoms with Crippen LogP contribution in [-0.2, 0) is 12.3 Å². The van der Waals surface area contributed by atoms with Gasteiger partial charge in [0.1, 0.15) is 5.75 Å². The zero-order valence-corrected chi connectivity index (χ0v) is 10.7. The van der Waals surface area contributed by atoms with Gasteiger partial charge in [-0.15, -0.1) is 0 Å². The van der Waals surface area contributed by atoms with Crippen LogP contribution in [0, 0.1) is 6.92 Å². The van der Waals surface area contributed by atoms with Gasteiger partial charge in [0, 0.05) is 6.92 Å². The molecule has 0 aliphatic rings.